The number of nitrogen functional groups attached to an aromatic ring is 1. The van der Waals surface area contributed by atoms with Gasteiger partial charge in [-0.05, 0) is 30.5 Å². The minimum absolute atomic E-state index is 0.0778. The number of hydrogen-bond donors (Lipinski definition) is 1. The molecule has 0 atom stereocenters. The third-order valence-corrected chi connectivity index (χ3v) is 6.40. The molecular formula is C26H25F3N8O2. The van der Waals surface area contributed by atoms with Gasteiger partial charge in [-0.15, -0.1) is 0 Å². The van der Waals surface area contributed by atoms with E-state index in [0.29, 0.717) is 29.5 Å². The summed E-state index contributed by atoms with van der Waals surface area (Å²) in [7, 11) is 3.02. The van der Waals surface area contributed by atoms with Gasteiger partial charge in [0.1, 0.15) is 17.8 Å². The second-order valence-corrected chi connectivity index (χ2v) is 9.20. The van der Waals surface area contributed by atoms with Crippen molar-refractivity contribution >= 4 is 12.0 Å². The van der Waals surface area contributed by atoms with Gasteiger partial charge in [-0.25, -0.2) is 15.0 Å². The van der Waals surface area contributed by atoms with Gasteiger partial charge in [0, 0.05) is 43.2 Å². The minimum Gasteiger partial charge on any atom is -0.481 e. The molecule has 0 spiro atoms. The summed E-state index contributed by atoms with van der Waals surface area (Å²) in [6.07, 6.45) is 3.06. The van der Waals surface area contributed by atoms with Crippen LogP contribution in [-0.2, 0) is 26.3 Å². The number of aryl methyl sites for hydroxylation is 1. The fourth-order valence-corrected chi connectivity index (χ4v) is 4.23. The number of pyridine rings is 2. The lowest BCUT2D eigenvalue weighted by Crippen LogP contribution is -2.24. The molecule has 13 heteroatoms. The van der Waals surface area contributed by atoms with Crippen molar-refractivity contribution in [3.8, 4) is 17.4 Å². The lowest BCUT2D eigenvalue weighted by Gasteiger charge is -2.12. The van der Waals surface area contributed by atoms with E-state index in [1.807, 2.05) is 0 Å². The Morgan fingerprint density at radius 2 is 1.97 bits per heavy atom. The van der Waals surface area contributed by atoms with E-state index in [0.717, 1.165) is 30.3 Å². The Morgan fingerprint density at radius 3 is 2.62 bits per heavy atom. The van der Waals surface area contributed by atoms with E-state index in [9.17, 15) is 18.0 Å². The Kier molecular flexibility index (Phi) is 6.89. The molecule has 0 amide bonds. The summed E-state index contributed by atoms with van der Waals surface area (Å²) in [4.78, 5) is 33.6. The van der Waals surface area contributed by atoms with Gasteiger partial charge < -0.3 is 15.0 Å². The summed E-state index contributed by atoms with van der Waals surface area (Å²) in [6, 6.07) is 6.21. The number of rotatable bonds is 8. The smallest absolute Gasteiger partial charge is 0.434 e. The van der Waals surface area contributed by atoms with Gasteiger partial charge in [0.15, 0.2) is 11.5 Å². The van der Waals surface area contributed by atoms with Gasteiger partial charge in [0.05, 0.1) is 31.5 Å². The van der Waals surface area contributed by atoms with Crippen LogP contribution in [0.15, 0.2) is 52.8 Å². The van der Waals surface area contributed by atoms with E-state index < -0.39 is 11.9 Å². The molecule has 4 aromatic rings. The van der Waals surface area contributed by atoms with Gasteiger partial charge in [-0.2, -0.15) is 13.2 Å². The van der Waals surface area contributed by atoms with Crippen molar-refractivity contribution in [3.05, 3.63) is 81.4 Å². The minimum atomic E-state index is -4.55. The van der Waals surface area contributed by atoms with Crippen molar-refractivity contribution in [2.75, 3.05) is 12.8 Å². The number of ether oxygens (including phenoxy) is 1. The SMILES string of the molecule is COc1ncnc(C2CC2)c1CN=Cc1ccc(=O)n(Cc2ccc(-c3nc(C(F)(F)F)cn3C)nc2)c1N. The second-order valence-electron chi connectivity index (χ2n) is 9.20. The average Bonchev–Trinajstić information content (AvgIpc) is 3.68. The molecule has 4 aromatic heterocycles. The highest BCUT2D eigenvalue weighted by atomic mass is 19.4. The number of nitrogens with zero attached hydrogens (tertiary/aromatic N) is 7. The standard InChI is InChI=1S/C26H25F3N8O2/c1-36-13-20(26(27,28)29)35-24(36)19-7-3-15(9-32-19)12-37-21(38)8-6-17(23(37)30)10-31-11-18-22(16-4-5-16)33-14-34-25(18)39-2/h3,6-10,13-14,16H,4-5,11-12,30H2,1-2H3. The summed E-state index contributed by atoms with van der Waals surface area (Å²) in [6.45, 7) is 0.406. The molecule has 1 aliphatic rings. The van der Waals surface area contributed by atoms with Gasteiger partial charge in [0.25, 0.3) is 5.56 Å². The van der Waals surface area contributed by atoms with Crippen molar-refractivity contribution in [2.24, 2.45) is 12.0 Å². The highest BCUT2D eigenvalue weighted by Crippen LogP contribution is 2.42. The van der Waals surface area contributed by atoms with Gasteiger partial charge in [0.2, 0.25) is 5.88 Å². The predicted molar refractivity (Wildman–Crippen MR) is 138 cm³/mol. The maximum Gasteiger partial charge on any atom is 0.434 e. The zero-order chi connectivity index (χ0) is 27.7. The van der Waals surface area contributed by atoms with Crippen LogP contribution in [0.5, 0.6) is 5.88 Å². The fourth-order valence-electron chi connectivity index (χ4n) is 4.23. The maximum absolute atomic E-state index is 13.0. The molecule has 0 bridgehead atoms. The van der Waals surface area contributed by atoms with Crippen molar-refractivity contribution in [1.29, 1.82) is 0 Å². The number of hydrogen-bond acceptors (Lipinski definition) is 8. The van der Waals surface area contributed by atoms with Crippen molar-refractivity contribution in [3.63, 3.8) is 0 Å². The lowest BCUT2D eigenvalue weighted by molar-refractivity contribution is -0.140. The quantitative estimate of drug-likeness (QED) is 0.340. The molecule has 39 heavy (non-hydrogen) atoms. The van der Waals surface area contributed by atoms with E-state index in [-0.39, 0.29) is 29.4 Å². The third kappa shape index (κ3) is 5.52. The Bertz CT molecular complexity index is 1590. The molecule has 1 fully saturated rings. The maximum atomic E-state index is 13.0. The largest absolute Gasteiger partial charge is 0.481 e. The van der Waals surface area contributed by atoms with Crippen LogP contribution >= 0.6 is 0 Å². The number of methoxy groups -OCH3 is 1. The Hall–Kier alpha value is -4.55. The molecular weight excluding hydrogens is 513 g/mol. The van der Waals surface area contributed by atoms with E-state index >= 15 is 0 Å². The normalized spacial score (nSPS) is 13.8. The van der Waals surface area contributed by atoms with Crippen LogP contribution in [0, 0.1) is 0 Å². The van der Waals surface area contributed by atoms with Gasteiger partial charge in [-0.1, -0.05) is 6.07 Å². The van der Waals surface area contributed by atoms with Crippen molar-refractivity contribution in [1.82, 2.24) is 29.1 Å². The first-order chi connectivity index (χ1) is 18.7. The van der Waals surface area contributed by atoms with E-state index in [1.54, 1.807) is 31.5 Å². The zero-order valence-electron chi connectivity index (χ0n) is 21.2. The van der Waals surface area contributed by atoms with Crippen LogP contribution in [0.1, 0.15) is 46.8 Å². The number of alkyl halides is 3. The lowest BCUT2D eigenvalue weighted by atomic mass is 10.1. The zero-order valence-corrected chi connectivity index (χ0v) is 21.2. The van der Waals surface area contributed by atoms with E-state index in [4.69, 9.17) is 10.5 Å². The second kappa shape index (κ2) is 10.3. The number of nitrogens with two attached hydrogens (primary N) is 1. The first-order valence-electron chi connectivity index (χ1n) is 12.1. The topological polar surface area (TPSA) is 126 Å². The fraction of sp³-hybridized carbons (Fsp3) is 0.308. The van der Waals surface area contributed by atoms with Crippen LogP contribution in [-0.4, -0.2) is 42.4 Å². The monoisotopic (exact) mass is 538 g/mol. The van der Waals surface area contributed by atoms with Gasteiger partial charge in [-0.3, -0.25) is 19.3 Å². The summed E-state index contributed by atoms with van der Waals surface area (Å²) in [5.41, 5.74) is 8.22. The van der Waals surface area contributed by atoms with Crippen LogP contribution in [0.25, 0.3) is 11.5 Å². The molecule has 0 aliphatic heterocycles. The molecule has 0 aromatic carbocycles. The molecule has 2 N–H and O–H groups in total. The summed E-state index contributed by atoms with van der Waals surface area (Å²) in [5.74, 6) is 1.17. The van der Waals surface area contributed by atoms with Gasteiger partial charge >= 0.3 is 6.18 Å². The highest BCUT2D eigenvalue weighted by molar-refractivity contribution is 5.85. The number of halogens is 3. The molecule has 0 radical (unpaired) electrons. The van der Waals surface area contributed by atoms with Crippen LogP contribution in [0.3, 0.4) is 0 Å². The molecule has 1 aliphatic carbocycles. The van der Waals surface area contributed by atoms with E-state index in [1.165, 1.54) is 34.8 Å². The van der Waals surface area contributed by atoms with Crippen LogP contribution in [0.2, 0.25) is 0 Å². The predicted octanol–water partition coefficient (Wildman–Crippen LogP) is 3.59. The summed E-state index contributed by atoms with van der Waals surface area (Å²) in [5, 5.41) is 0. The number of aliphatic imine (C=N–C) groups is 1. The van der Waals surface area contributed by atoms with E-state index in [2.05, 4.69) is 24.9 Å². The Morgan fingerprint density at radius 1 is 1.18 bits per heavy atom. The first kappa shape index (κ1) is 26.1. The summed E-state index contributed by atoms with van der Waals surface area (Å²) >= 11 is 0. The number of imidazole rings is 1. The first-order valence-corrected chi connectivity index (χ1v) is 12.1. The molecule has 10 nitrogen and oxygen atoms in total. The number of anilines is 1. The summed E-state index contributed by atoms with van der Waals surface area (Å²) < 4.78 is 47.0. The molecule has 1 saturated carbocycles. The van der Waals surface area contributed by atoms with Crippen LogP contribution in [0.4, 0.5) is 19.0 Å². The molecule has 202 valence electrons. The Labute approximate surface area is 221 Å². The number of aromatic nitrogens is 6. The molecule has 0 unspecified atom stereocenters. The molecule has 5 rings (SSSR count). The van der Waals surface area contributed by atoms with Crippen LogP contribution < -0.4 is 16.0 Å². The highest BCUT2D eigenvalue weighted by Gasteiger charge is 2.34. The van der Waals surface area contributed by atoms with Crippen molar-refractivity contribution < 1.29 is 17.9 Å². The van der Waals surface area contributed by atoms with Crippen molar-refractivity contribution in [2.45, 2.75) is 38.0 Å². The molecule has 0 saturated heterocycles. The average molecular weight is 539 g/mol. The Balaban J connectivity index is 1.35. The molecule has 4 heterocycles. The third-order valence-electron chi connectivity index (χ3n) is 6.40.